The Balaban J connectivity index is 0. The molecule has 0 saturated carbocycles. The average molecular weight is 192 g/mol. The molecule has 48 valence electrons. The molecule has 2 nitrogen and oxygen atoms in total. The van der Waals surface area contributed by atoms with Gasteiger partial charge >= 0.3 is 0 Å². The van der Waals surface area contributed by atoms with Crippen LogP contribution in [0.25, 0.3) is 0 Å². The first-order valence-corrected chi connectivity index (χ1v) is 2.46. The Morgan fingerprint density at radius 1 is 1.12 bits per heavy atom. The second-order valence-electron chi connectivity index (χ2n) is 0.964. The van der Waals surface area contributed by atoms with Crippen molar-refractivity contribution in [1.82, 2.24) is 0 Å². The van der Waals surface area contributed by atoms with E-state index in [9.17, 15) is 9.59 Å². The maximum atomic E-state index is 9.85. The maximum Gasteiger partial charge on any atom is 0.194 e. The number of carbonyl (C=O) groups excluding carboxylic acids is 2. The number of carbonyl (C=O) groups is 2. The van der Waals surface area contributed by atoms with Gasteiger partial charge in [0.05, 0.1) is 6.42 Å². The van der Waals surface area contributed by atoms with Crippen LogP contribution in [0.4, 0.5) is 0 Å². The fourth-order valence-corrected chi connectivity index (χ4v) is 0.541. The minimum absolute atomic E-state index is 0. The van der Waals surface area contributed by atoms with E-state index >= 15 is 0 Å². The van der Waals surface area contributed by atoms with Gasteiger partial charge in [-0.25, -0.2) is 0 Å². The number of rotatable bonds is 2. The number of hydrogen-bond donors (Lipinski definition) is 2. The van der Waals surface area contributed by atoms with Gasteiger partial charge in [0.25, 0.3) is 0 Å². The van der Waals surface area contributed by atoms with E-state index in [1.165, 1.54) is 0 Å². The second-order valence-corrected chi connectivity index (χ2v) is 1.96. The van der Waals surface area contributed by atoms with E-state index in [0.29, 0.717) is 0 Å². The predicted octanol–water partition coefficient (Wildman–Crippen LogP) is 0.287. The maximum absolute atomic E-state index is 9.85. The molecule has 0 aromatic rings. The zero-order valence-corrected chi connectivity index (χ0v) is 6.66. The summed E-state index contributed by atoms with van der Waals surface area (Å²) in [6.07, 6.45) is -0.188. The molecule has 0 saturated heterocycles. The molecule has 0 amide bonds. The van der Waals surface area contributed by atoms with Crippen LogP contribution in [0.15, 0.2) is 0 Å². The fourth-order valence-electron chi connectivity index (χ4n) is 0.129. The first-order chi connectivity index (χ1) is 3.13. The van der Waals surface area contributed by atoms with Gasteiger partial charge in [-0.1, -0.05) is 0 Å². The third-order valence-corrected chi connectivity index (χ3v) is 0.619. The van der Waals surface area contributed by atoms with Crippen LogP contribution in [-0.2, 0) is 26.7 Å². The Morgan fingerprint density at radius 2 is 1.38 bits per heavy atom. The van der Waals surface area contributed by atoms with Crippen molar-refractivity contribution in [2.75, 3.05) is 0 Å². The van der Waals surface area contributed by atoms with Gasteiger partial charge in [0.1, 0.15) is 0 Å². The Hall–Kier alpha value is 0.559. The second kappa shape index (κ2) is 5.69. The molecular weight excluding hydrogens is 188 g/mol. The molecule has 0 bridgehead atoms. The van der Waals surface area contributed by atoms with Crippen LogP contribution in [0.1, 0.15) is 6.42 Å². The third kappa shape index (κ3) is 9.75. The molecule has 0 rings (SSSR count). The summed E-state index contributed by atoms with van der Waals surface area (Å²) in [6.45, 7) is 0. The quantitative estimate of drug-likeness (QED) is 0.374. The molecule has 8 heavy (non-hydrogen) atoms. The van der Waals surface area contributed by atoms with Crippen LogP contribution < -0.4 is 0 Å². The molecule has 0 N–H and O–H groups in total. The molecule has 0 radical (unpaired) electrons. The number of hydrogen-bond acceptors (Lipinski definition) is 2. The summed E-state index contributed by atoms with van der Waals surface area (Å²) in [4.78, 5) is 19.7. The van der Waals surface area contributed by atoms with E-state index < -0.39 is 10.2 Å². The van der Waals surface area contributed by atoms with E-state index in [2.05, 4.69) is 25.3 Å². The Kier molecular flexibility index (Phi) is 8.09. The van der Waals surface area contributed by atoms with E-state index in [4.69, 9.17) is 0 Å². The molecule has 0 aromatic carbocycles. The largest absolute Gasteiger partial charge is 0.287 e. The van der Waals surface area contributed by atoms with Gasteiger partial charge in [0.15, 0.2) is 10.2 Å². The first kappa shape index (κ1) is 11.4. The van der Waals surface area contributed by atoms with E-state index in [-0.39, 0.29) is 23.5 Å². The smallest absolute Gasteiger partial charge is 0.194 e. The van der Waals surface area contributed by atoms with Crippen LogP contribution in [0, 0.1) is 0 Å². The molecule has 0 unspecified atom stereocenters. The first-order valence-electron chi connectivity index (χ1n) is 1.56. The van der Waals surface area contributed by atoms with Crippen LogP contribution >= 0.6 is 25.3 Å². The van der Waals surface area contributed by atoms with Gasteiger partial charge < -0.3 is 0 Å². The zero-order valence-electron chi connectivity index (χ0n) is 3.77. The minimum Gasteiger partial charge on any atom is -0.287 e. The number of thiol groups is 2. The molecule has 0 aliphatic rings. The Morgan fingerprint density at radius 3 is 1.38 bits per heavy atom. The molecule has 0 heterocycles. The SMILES string of the molecule is O=C(S)CC(=O)S.[Fe]. The van der Waals surface area contributed by atoms with E-state index in [0.717, 1.165) is 0 Å². The summed E-state index contributed by atoms with van der Waals surface area (Å²) in [5.74, 6) is 0. The Bertz CT molecular complexity index is 91.5. The minimum atomic E-state index is -0.444. The van der Waals surface area contributed by atoms with Crippen molar-refractivity contribution < 1.29 is 26.7 Å². The van der Waals surface area contributed by atoms with Crippen molar-refractivity contribution in [2.45, 2.75) is 6.42 Å². The van der Waals surface area contributed by atoms with Crippen molar-refractivity contribution in [3.05, 3.63) is 0 Å². The van der Waals surface area contributed by atoms with Gasteiger partial charge in [0, 0.05) is 17.1 Å². The van der Waals surface area contributed by atoms with E-state index in [1.54, 1.807) is 0 Å². The van der Waals surface area contributed by atoms with Crippen molar-refractivity contribution in [3.63, 3.8) is 0 Å². The third-order valence-electron chi connectivity index (χ3n) is 0.302. The zero-order chi connectivity index (χ0) is 5.86. The molecule has 0 atom stereocenters. The van der Waals surface area contributed by atoms with Crippen LogP contribution in [0.3, 0.4) is 0 Å². The van der Waals surface area contributed by atoms with Gasteiger partial charge in [-0.05, 0) is 0 Å². The monoisotopic (exact) mass is 192 g/mol. The van der Waals surface area contributed by atoms with Crippen molar-refractivity contribution in [3.8, 4) is 0 Å². The normalized spacial score (nSPS) is 7.25. The van der Waals surface area contributed by atoms with Crippen molar-refractivity contribution >= 4 is 35.5 Å². The van der Waals surface area contributed by atoms with Gasteiger partial charge in [-0.2, -0.15) is 0 Å². The topological polar surface area (TPSA) is 34.1 Å². The fraction of sp³-hybridized carbons (Fsp3) is 0.333. The standard InChI is InChI=1S/C3H4O2S2.Fe/c4-2(6)1-3(5)7;/h1H2,(H,4,6)(H,5,7);. The van der Waals surface area contributed by atoms with Gasteiger partial charge in [-0.15, -0.1) is 25.3 Å². The van der Waals surface area contributed by atoms with Gasteiger partial charge in [0.2, 0.25) is 0 Å². The molecule has 0 aliphatic carbocycles. The molecular formula is C3H4FeO2S2. The average Bonchev–Trinajstić information content (AvgIpc) is 1.27. The summed E-state index contributed by atoms with van der Waals surface area (Å²) in [5, 5.41) is -0.889. The molecule has 0 aromatic heterocycles. The Labute approximate surface area is 68.7 Å². The van der Waals surface area contributed by atoms with Crippen LogP contribution in [-0.4, -0.2) is 10.2 Å². The predicted molar refractivity (Wildman–Crippen MR) is 32.6 cm³/mol. The van der Waals surface area contributed by atoms with Crippen molar-refractivity contribution in [1.29, 1.82) is 0 Å². The van der Waals surface area contributed by atoms with Crippen molar-refractivity contribution in [2.24, 2.45) is 0 Å². The summed E-state index contributed by atoms with van der Waals surface area (Å²) in [6, 6.07) is 0. The van der Waals surface area contributed by atoms with E-state index in [1.807, 2.05) is 0 Å². The summed E-state index contributed by atoms with van der Waals surface area (Å²) < 4.78 is 0. The van der Waals surface area contributed by atoms with Crippen LogP contribution in [0.5, 0.6) is 0 Å². The summed E-state index contributed by atoms with van der Waals surface area (Å²) in [7, 11) is 0. The van der Waals surface area contributed by atoms with Crippen LogP contribution in [0.2, 0.25) is 0 Å². The molecule has 5 heteroatoms. The summed E-state index contributed by atoms with van der Waals surface area (Å²) >= 11 is 6.66. The van der Waals surface area contributed by atoms with Gasteiger partial charge in [-0.3, -0.25) is 9.59 Å². The molecule has 0 fully saturated rings. The molecule has 0 aliphatic heterocycles. The molecule has 0 spiro atoms. The summed E-state index contributed by atoms with van der Waals surface area (Å²) in [5.41, 5.74) is 0.